The van der Waals surface area contributed by atoms with Crippen molar-refractivity contribution >= 4 is 0 Å². The summed E-state index contributed by atoms with van der Waals surface area (Å²) in [6, 6.07) is 0.386. The van der Waals surface area contributed by atoms with Crippen molar-refractivity contribution in [3.63, 3.8) is 0 Å². The van der Waals surface area contributed by atoms with Crippen LogP contribution in [-0.2, 0) is 0 Å². The minimum Gasteiger partial charge on any atom is -0.395 e. The third-order valence-electron chi connectivity index (χ3n) is 3.70. The Morgan fingerprint density at radius 2 is 2.00 bits per heavy atom. The van der Waals surface area contributed by atoms with Crippen molar-refractivity contribution in [1.82, 2.24) is 4.90 Å². The normalized spacial score (nSPS) is 26.2. The van der Waals surface area contributed by atoms with E-state index < -0.39 is 0 Å². The van der Waals surface area contributed by atoms with Crippen LogP contribution in [-0.4, -0.2) is 42.3 Å². The second kappa shape index (κ2) is 8.04. The second-order valence-corrected chi connectivity index (χ2v) is 5.09. The van der Waals surface area contributed by atoms with Gasteiger partial charge in [-0.3, -0.25) is 0 Å². The molecule has 0 amide bonds. The van der Waals surface area contributed by atoms with Crippen LogP contribution in [0.2, 0.25) is 0 Å². The van der Waals surface area contributed by atoms with Gasteiger partial charge in [0.05, 0.1) is 6.61 Å². The molecule has 0 heterocycles. The monoisotopic (exact) mass is 228 g/mol. The molecule has 0 bridgehead atoms. The van der Waals surface area contributed by atoms with Gasteiger partial charge >= 0.3 is 0 Å². The lowest BCUT2D eigenvalue weighted by Crippen LogP contribution is -2.42. The third-order valence-corrected chi connectivity index (χ3v) is 3.70. The van der Waals surface area contributed by atoms with Crippen LogP contribution in [0.1, 0.15) is 45.4 Å². The van der Waals surface area contributed by atoms with Crippen LogP contribution in [0.4, 0.5) is 0 Å². The van der Waals surface area contributed by atoms with Gasteiger partial charge in [-0.1, -0.05) is 26.2 Å². The fourth-order valence-electron chi connectivity index (χ4n) is 2.61. The summed E-state index contributed by atoms with van der Waals surface area (Å²) < 4.78 is 0. The van der Waals surface area contributed by atoms with Crippen molar-refractivity contribution in [2.24, 2.45) is 11.7 Å². The topological polar surface area (TPSA) is 49.5 Å². The summed E-state index contributed by atoms with van der Waals surface area (Å²) in [6.07, 6.45) is 7.53. The molecule has 1 saturated carbocycles. The quantitative estimate of drug-likeness (QED) is 0.696. The van der Waals surface area contributed by atoms with E-state index in [0.717, 1.165) is 19.6 Å². The van der Waals surface area contributed by atoms with Crippen LogP contribution in [0.15, 0.2) is 0 Å². The van der Waals surface area contributed by atoms with Gasteiger partial charge in [0.2, 0.25) is 0 Å². The first-order valence-electron chi connectivity index (χ1n) is 6.86. The molecule has 2 atom stereocenters. The van der Waals surface area contributed by atoms with Crippen molar-refractivity contribution in [1.29, 1.82) is 0 Å². The Balaban J connectivity index is 2.33. The SMILES string of the molecule is CCCCN(CCO)CC1CCCCC1N. The molecule has 0 saturated heterocycles. The lowest BCUT2D eigenvalue weighted by atomic mass is 9.84. The maximum absolute atomic E-state index is 9.06. The van der Waals surface area contributed by atoms with Crippen LogP contribution >= 0.6 is 0 Å². The first-order chi connectivity index (χ1) is 7.77. The Bertz CT molecular complexity index is 175. The van der Waals surface area contributed by atoms with E-state index in [1.807, 2.05) is 0 Å². The predicted octanol–water partition coefficient (Wildman–Crippen LogP) is 1.60. The number of unbranched alkanes of at least 4 members (excludes halogenated alkanes) is 1. The van der Waals surface area contributed by atoms with Gasteiger partial charge in [-0.05, 0) is 31.7 Å². The smallest absolute Gasteiger partial charge is 0.0558 e. The zero-order chi connectivity index (χ0) is 11.8. The first kappa shape index (κ1) is 13.9. The van der Waals surface area contributed by atoms with E-state index in [-0.39, 0.29) is 6.61 Å². The molecular weight excluding hydrogens is 200 g/mol. The molecule has 1 aliphatic carbocycles. The number of aliphatic hydroxyl groups excluding tert-OH is 1. The van der Waals surface area contributed by atoms with Gasteiger partial charge in [0.25, 0.3) is 0 Å². The molecule has 96 valence electrons. The molecule has 3 N–H and O–H groups in total. The third kappa shape index (κ3) is 4.81. The second-order valence-electron chi connectivity index (χ2n) is 5.09. The minimum absolute atomic E-state index is 0.270. The molecule has 1 aliphatic rings. The summed E-state index contributed by atoms with van der Waals surface area (Å²) >= 11 is 0. The predicted molar refractivity (Wildman–Crippen MR) is 68.4 cm³/mol. The fourth-order valence-corrected chi connectivity index (χ4v) is 2.61. The highest BCUT2D eigenvalue weighted by atomic mass is 16.3. The maximum Gasteiger partial charge on any atom is 0.0558 e. The lowest BCUT2D eigenvalue weighted by molar-refractivity contribution is 0.149. The highest BCUT2D eigenvalue weighted by Gasteiger charge is 2.23. The minimum atomic E-state index is 0.270. The zero-order valence-corrected chi connectivity index (χ0v) is 10.7. The molecule has 0 aromatic carbocycles. The van der Waals surface area contributed by atoms with E-state index >= 15 is 0 Å². The van der Waals surface area contributed by atoms with Crippen molar-refractivity contribution in [2.45, 2.75) is 51.5 Å². The number of nitrogens with zero attached hydrogens (tertiary/aromatic N) is 1. The highest BCUT2D eigenvalue weighted by molar-refractivity contribution is 4.80. The molecule has 0 spiro atoms. The molecule has 3 heteroatoms. The largest absolute Gasteiger partial charge is 0.395 e. The number of hydrogen-bond acceptors (Lipinski definition) is 3. The van der Waals surface area contributed by atoms with Gasteiger partial charge in [0.1, 0.15) is 0 Å². The molecule has 1 rings (SSSR count). The number of aliphatic hydroxyl groups is 1. The van der Waals surface area contributed by atoms with Crippen LogP contribution in [0.3, 0.4) is 0 Å². The summed E-state index contributed by atoms with van der Waals surface area (Å²) in [4.78, 5) is 2.39. The van der Waals surface area contributed by atoms with Crippen molar-refractivity contribution < 1.29 is 5.11 Å². The van der Waals surface area contributed by atoms with Crippen LogP contribution in [0, 0.1) is 5.92 Å². The molecule has 16 heavy (non-hydrogen) atoms. The Labute approximate surface area is 100 Å². The summed E-state index contributed by atoms with van der Waals surface area (Å²) in [5.41, 5.74) is 6.16. The molecule has 2 unspecified atom stereocenters. The van der Waals surface area contributed by atoms with Gasteiger partial charge < -0.3 is 15.7 Å². The molecule has 0 aromatic rings. The molecule has 0 aliphatic heterocycles. The van der Waals surface area contributed by atoms with E-state index in [9.17, 15) is 0 Å². The summed E-state index contributed by atoms with van der Waals surface area (Å²) in [6.45, 7) is 5.49. The number of rotatable bonds is 7. The van der Waals surface area contributed by atoms with Crippen LogP contribution in [0.5, 0.6) is 0 Å². The Morgan fingerprint density at radius 3 is 2.62 bits per heavy atom. The Morgan fingerprint density at radius 1 is 1.25 bits per heavy atom. The van der Waals surface area contributed by atoms with E-state index in [4.69, 9.17) is 10.8 Å². The Hall–Kier alpha value is -0.120. The van der Waals surface area contributed by atoms with E-state index in [0.29, 0.717) is 12.0 Å². The van der Waals surface area contributed by atoms with Gasteiger partial charge in [0.15, 0.2) is 0 Å². The average Bonchev–Trinajstić information content (AvgIpc) is 2.29. The number of hydrogen-bond donors (Lipinski definition) is 2. The number of nitrogens with two attached hydrogens (primary N) is 1. The average molecular weight is 228 g/mol. The zero-order valence-electron chi connectivity index (χ0n) is 10.7. The Kier molecular flexibility index (Phi) is 7.01. The summed E-state index contributed by atoms with van der Waals surface area (Å²) in [5.74, 6) is 0.650. The van der Waals surface area contributed by atoms with E-state index in [1.54, 1.807) is 0 Å². The van der Waals surface area contributed by atoms with Crippen LogP contribution < -0.4 is 5.73 Å². The molecule has 1 fully saturated rings. The molecular formula is C13H28N2O. The van der Waals surface area contributed by atoms with Gasteiger partial charge in [-0.15, -0.1) is 0 Å². The van der Waals surface area contributed by atoms with Crippen molar-refractivity contribution in [3.8, 4) is 0 Å². The van der Waals surface area contributed by atoms with Crippen molar-refractivity contribution in [3.05, 3.63) is 0 Å². The van der Waals surface area contributed by atoms with Crippen LogP contribution in [0.25, 0.3) is 0 Å². The van der Waals surface area contributed by atoms with Gasteiger partial charge in [-0.2, -0.15) is 0 Å². The standard InChI is InChI=1S/C13H28N2O/c1-2-3-8-15(9-10-16)11-12-6-4-5-7-13(12)14/h12-13,16H,2-11,14H2,1H3. The summed E-state index contributed by atoms with van der Waals surface area (Å²) in [7, 11) is 0. The summed E-state index contributed by atoms with van der Waals surface area (Å²) in [5, 5.41) is 9.06. The molecule has 0 radical (unpaired) electrons. The molecule has 0 aromatic heterocycles. The maximum atomic E-state index is 9.06. The lowest BCUT2D eigenvalue weighted by Gasteiger charge is -2.33. The van der Waals surface area contributed by atoms with Gasteiger partial charge in [-0.25, -0.2) is 0 Å². The van der Waals surface area contributed by atoms with E-state index in [2.05, 4.69) is 11.8 Å². The fraction of sp³-hybridized carbons (Fsp3) is 1.00. The van der Waals surface area contributed by atoms with Crippen molar-refractivity contribution in [2.75, 3.05) is 26.2 Å². The molecule has 3 nitrogen and oxygen atoms in total. The highest BCUT2D eigenvalue weighted by Crippen LogP contribution is 2.23. The first-order valence-corrected chi connectivity index (χ1v) is 6.86. The van der Waals surface area contributed by atoms with Gasteiger partial charge in [0, 0.05) is 19.1 Å². The van der Waals surface area contributed by atoms with E-state index in [1.165, 1.54) is 38.5 Å².